The van der Waals surface area contributed by atoms with Crippen molar-refractivity contribution in [2.75, 3.05) is 5.32 Å². The lowest BCUT2D eigenvalue weighted by molar-refractivity contribution is -0.385. The van der Waals surface area contributed by atoms with Gasteiger partial charge in [0.2, 0.25) is 0 Å². The molecule has 0 fully saturated rings. The van der Waals surface area contributed by atoms with Crippen molar-refractivity contribution in [2.24, 2.45) is 0 Å². The van der Waals surface area contributed by atoms with Crippen molar-refractivity contribution in [2.45, 2.75) is 20.0 Å². The van der Waals surface area contributed by atoms with E-state index < -0.39 is 10.8 Å². The second-order valence-corrected chi connectivity index (χ2v) is 7.40. The van der Waals surface area contributed by atoms with Gasteiger partial charge in [0.25, 0.3) is 11.6 Å². The van der Waals surface area contributed by atoms with Gasteiger partial charge in [0, 0.05) is 22.0 Å². The van der Waals surface area contributed by atoms with Crippen LogP contribution < -0.4 is 10.1 Å². The van der Waals surface area contributed by atoms with E-state index in [0.717, 1.165) is 17.4 Å². The molecule has 3 rings (SSSR count). The van der Waals surface area contributed by atoms with Gasteiger partial charge in [-0.25, -0.2) is 4.98 Å². The van der Waals surface area contributed by atoms with E-state index >= 15 is 0 Å². The average molecular weight is 418 g/mol. The molecule has 1 amide bonds. The molecule has 0 atom stereocenters. The van der Waals surface area contributed by atoms with Crippen molar-refractivity contribution in [3.63, 3.8) is 0 Å². The summed E-state index contributed by atoms with van der Waals surface area (Å²) in [5.74, 6) is 0.141. The number of ether oxygens (including phenoxy) is 1. The zero-order chi connectivity index (χ0) is 20.3. The van der Waals surface area contributed by atoms with E-state index in [1.54, 1.807) is 5.38 Å². The molecular weight excluding hydrogens is 402 g/mol. The number of halogens is 1. The Bertz CT molecular complexity index is 1020. The lowest BCUT2D eigenvalue weighted by atomic mass is 10.1. The van der Waals surface area contributed by atoms with Gasteiger partial charge in [0.05, 0.1) is 16.7 Å². The SMILES string of the molecule is CC(C)Oc1ccc(-c2csc(NC(=O)c3ccc(Cl)cc3[N+](=O)[O-])n2)cc1. The number of thiazole rings is 1. The smallest absolute Gasteiger partial charge is 0.283 e. The molecule has 1 aromatic heterocycles. The first-order valence-electron chi connectivity index (χ1n) is 8.31. The van der Waals surface area contributed by atoms with E-state index in [1.165, 1.54) is 23.5 Å². The fourth-order valence-corrected chi connectivity index (χ4v) is 3.33. The number of nitro benzene ring substituents is 1. The van der Waals surface area contributed by atoms with Crippen LogP contribution in [-0.4, -0.2) is 21.9 Å². The topological polar surface area (TPSA) is 94.4 Å². The zero-order valence-electron chi connectivity index (χ0n) is 15.0. The Labute approximate surface area is 170 Å². The van der Waals surface area contributed by atoms with Crippen LogP contribution in [-0.2, 0) is 0 Å². The fraction of sp³-hybridized carbons (Fsp3) is 0.158. The number of carbonyl (C=O) groups is 1. The van der Waals surface area contributed by atoms with Gasteiger partial charge >= 0.3 is 0 Å². The molecule has 2 aromatic carbocycles. The molecule has 0 bridgehead atoms. The first kappa shape index (κ1) is 19.8. The molecule has 0 aliphatic rings. The molecule has 28 heavy (non-hydrogen) atoms. The third-order valence-electron chi connectivity index (χ3n) is 3.65. The monoisotopic (exact) mass is 417 g/mol. The lowest BCUT2D eigenvalue weighted by Gasteiger charge is -2.09. The van der Waals surface area contributed by atoms with E-state index in [4.69, 9.17) is 16.3 Å². The largest absolute Gasteiger partial charge is 0.491 e. The quantitative estimate of drug-likeness (QED) is 0.427. The molecule has 1 heterocycles. The minimum absolute atomic E-state index is 0.0821. The Morgan fingerprint density at radius 1 is 1.25 bits per heavy atom. The summed E-state index contributed by atoms with van der Waals surface area (Å²) >= 11 is 7.01. The van der Waals surface area contributed by atoms with Gasteiger partial charge in [-0.1, -0.05) is 11.6 Å². The Kier molecular flexibility index (Phi) is 5.91. The normalized spacial score (nSPS) is 10.7. The van der Waals surface area contributed by atoms with Crippen LogP contribution in [0.4, 0.5) is 10.8 Å². The lowest BCUT2D eigenvalue weighted by Crippen LogP contribution is -2.13. The average Bonchev–Trinajstić information content (AvgIpc) is 3.10. The van der Waals surface area contributed by atoms with Crippen LogP contribution in [0.5, 0.6) is 5.75 Å². The molecule has 0 spiro atoms. The predicted molar refractivity (Wildman–Crippen MR) is 109 cm³/mol. The molecule has 3 aromatic rings. The summed E-state index contributed by atoms with van der Waals surface area (Å²) in [5, 5.41) is 16.1. The van der Waals surface area contributed by atoms with E-state index in [0.29, 0.717) is 10.8 Å². The van der Waals surface area contributed by atoms with Crippen molar-refractivity contribution >= 4 is 39.7 Å². The molecule has 0 saturated heterocycles. The van der Waals surface area contributed by atoms with Gasteiger partial charge in [-0.2, -0.15) is 0 Å². The van der Waals surface area contributed by atoms with Gasteiger partial charge in [0.15, 0.2) is 5.13 Å². The van der Waals surface area contributed by atoms with Crippen LogP contribution in [0.3, 0.4) is 0 Å². The maximum Gasteiger partial charge on any atom is 0.283 e. The Hall–Kier alpha value is -2.97. The van der Waals surface area contributed by atoms with Crippen molar-refractivity contribution < 1.29 is 14.5 Å². The second-order valence-electron chi connectivity index (χ2n) is 6.10. The fourth-order valence-electron chi connectivity index (χ4n) is 2.45. The number of hydrogen-bond acceptors (Lipinski definition) is 6. The maximum atomic E-state index is 12.4. The summed E-state index contributed by atoms with van der Waals surface area (Å²) in [6, 6.07) is 11.3. The summed E-state index contributed by atoms with van der Waals surface area (Å²) in [6.45, 7) is 3.91. The molecular formula is C19H16ClN3O4S. The van der Waals surface area contributed by atoms with Crippen LogP contribution in [0.15, 0.2) is 47.8 Å². The minimum Gasteiger partial charge on any atom is -0.491 e. The number of hydrogen-bond donors (Lipinski definition) is 1. The molecule has 7 nitrogen and oxygen atoms in total. The standard InChI is InChI=1S/C19H16ClN3O4S/c1-11(2)27-14-6-3-12(4-7-14)16-10-28-19(21-16)22-18(24)15-8-5-13(20)9-17(15)23(25)26/h3-11H,1-2H3,(H,21,22,24). The minimum atomic E-state index is -0.644. The first-order chi connectivity index (χ1) is 13.3. The van der Waals surface area contributed by atoms with E-state index in [1.807, 2.05) is 38.1 Å². The number of nitrogens with one attached hydrogen (secondary N) is 1. The number of amides is 1. The highest BCUT2D eigenvalue weighted by Gasteiger charge is 2.21. The van der Waals surface area contributed by atoms with Crippen LogP contribution in [0.25, 0.3) is 11.3 Å². The molecule has 9 heteroatoms. The summed E-state index contributed by atoms with van der Waals surface area (Å²) in [6.07, 6.45) is 0.0869. The number of carbonyl (C=O) groups excluding carboxylic acids is 1. The molecule has 144 valence electrons. The van der Waals surface area contributed by atoms with E-state index in [-0.39, 0.29) is 22.4 Å². The molecule has 0 unspecified atom stereocenters. The number of nitrogens with zero attached hydrogens (tertiary/aromatic N) is 2. The number of anilines is 1. The van der Waals surface area contributed by atoms with Gasteiger partial charge in [-0.15, -0.1) is 11.3 Å². The summed E-state index contributed by atoms with van der Waals surface area (Å²) in [5.41, 5.74) is 1.11. The van der Waals surface area contributed by atoms with E-state index in [2.05, 4.69) is 10.3 Å². The van der Waals surface area contributed by atoms with Crippen LogP contribution in [0.2, 0.25) is 5.02 Å². The second kappa shape index (κ2) is 8.37. The van der Waals surface area contributed by atoms with Crippen molar-refractivity contribution in [1.29, 1.82) is 0 Å². The maximum absolute atomic E-state index is 12.4. The molecule has 0 saturated carbocycles. The Morgan fingerprint density at radius 3 is 2.61 bits per heavy atom. The van der Waals surface area contributed by atoms with Gasteiger partial charge < -0.3 is 4.74 Å². The summed E-state index contributed by atoms with van der Waals surface area (Å²) in [7, 11) is 0. The van der Waals surface area contributed by atoms with Crippen LogP contribution in [0, 0.1) is 10.1 Å². The van der Waals surface area contributed by atoms with Crippen molar-refractivity contribution in [1.82, 2.24) is 4.98 Å². The molecule has 0 radical (unpaired) electrons. The Morgan fingerprint density at radius 2 is 1.96 bits per heavy atom. The third-order valence-corrected chi connectivity index (χ3v) is 4.64. The predicted octanol–water partition coefficient (Wildman–Crippen LogP) is 5.41. The highest BCUT2D eigenvalue weighted by atomic mass is 35.5. The van der Waals surface area contributed by atoms with Gasteiger partial charge in [-0.3, -0.25) is 20.2 Å². The highest BCUT2D eigenvalue weighted by molar-refractivity contribution is 7.14. The zero-order valence-corrected chi connectivity index (χ0v) is 16.6. The number of aromatic nitrogens is 1. The van der Waals surface area contributed by atoms with Gasteiger partial charge in [-0.05, 0) is 50.2 Å². The molecule has 1 N–H and O–H groups in total. The molecule has 0 aliphatic heterocycles. The number of nitro groups is 1. The number of rotatable bonds is 6. The highest BCUT2D eigenvalue weighted by Crippen LogP contribution is 2.28. The van der Waals surface area contributed by atoms with Crippen LogP contribution in [0.1, 0.15) is 24.2 Å². The third kappa shape index (κ3) is 4.65. The first-order valence-corrected chi connectivity index (χ1v) is 9.57. The van der Waals surface area contributed by atoms with Crippen molar-refractivity contribution in [3.8, 4) is 17.0 Å². The van der Waals surface area contributed by atoms with Crippen molar-refractivity contribution in [3.05, 3.63) is 68.5 Å². The Balaban J connectivity index is 1.76. The number of benzene rings is 2. The molecule has 0 aliphatic carbocycles. The van der Waals surface area contributed by atoms with Gasteiger partial charge in [0.1, 0.15) is 11.3 Å². The summed E-state index contributed by atoms with van der Waals surface area (Å²) in [4.78, 5) is 27.3. The summed E-state index contributed by atoms with van der Waals surface area (Å²) < 4.78 is 5.61. The van der Waals surface area contributed by atoms with E-state index in [9.17, 15) is 14.9 Å². The van der Waals surface area contributed by atoms with Crippen LogP contribution >= 0.6 is 22.9 Å².